The molecule has 3 rings (SSSR count). The van der Waals surface area contributed by atoms with Crippen LogP contribution in [0.2, 0.25) is 0 Å². The smallest absolute Gasteiger partial charge is 0.0760 e. The number of hydrogen-bond donors (Lipinski definition) is 0. The molecule has 21 heavy (non-hydrogen) atoms. The predicted octanol–water partition coefficient (Wildman–Crippen LogP) is 3.27. The van der Waals surface area contributed by atoms with Crippen molar-refractivity contribution in [3.63, 3.8) is 0 Å². The zero-order chi connectivity index (χ0) is 14.5. The van der Waals surface area contributed by atoms with Crippen LogP contribution in [0.1, 0.15) is 5.56 Å². The highest BCUT2D eigenvalue weighted by atomic mass is 14.7. The summed E-state index contributed by atoms with van der Waals surface area (Å²) in [6.45, 7) is 0. The van der Waals surface area contributed by atoms with Gasteiger partial charge in [-0.05, 0) is 29.8 Å². The molecule has 4 heteroatoms. The summed E-state index contributed by atoms with van der Waals surface area (Å²) in [6.07, 6.45) is 9.12. The van der Waals surface area contributed by atoms with E-state index in [-0.39, 0.29) is 0 Å². The van der Waals surface area contributed by atoms with E-state index in [0.717, 1.165) is 27.9 Å². The van der Waals surface area contributed by atoms with Gasteiger partial charge in [-0.3, -0.25) is 15.0 Å². The molecule has 3 aromatic rings. The number of pyridine rings is 3. The summed E-state index contributed by atoms with van der Waals surface area (Å²) >= 11 is 0. The Hall–Kier alpha value is -3.06. The second-order valence-electron chi connectivity index (χ2n) is 4.55. The summed E-state index contributed by atoms with van der Waals surface area (Å²) in [4.78, 5) is 12.7. The SMILES string of the molecule is N#CCc1cc(-c2cccnc2)cnc1-c1cccnc1. The molecule has 0 atom stereocenters. The Morgan fingerprint density at radius 2 is 1.62 bits per heavy atom. The molecular formula is C17H12N4. The molecule has 0 aliphatic rings. The van der Waals surface area contributed by atoms with Crippen LogP contribution in [0.3, 0.4) is 0 Å². The van der Waals surface area contributed by atoms with E-state index < -0.39 is 0 Å². The van der Waals surface area contributed by atoms with E-state index in [9.17, 15) is 0 Å². The molecule has 0 unspecified atom stereocenters. The molecule has 0 radical (unpaired) electrons. The zero-order valence-corrected chi connectivity index (χ0v) is 11.3. The van der Waals surface area contributed by atoms with Gasteiger partial charge in [-0.15, -0.1) is 0 Å². The molecule has 100 valence electrons. The van der Waals surface area contributed by atoms with Gasteiger partial charge < -0.3 is 0 Å². The number of rotatable bonds is 3. The Morgan fingerprint density at radius 1 is 0.905 bits per heavy atom. The van der Waals surface area contributed by atoms with E-state index in [0.29, 0.717) is 6.42 Å². The molecular weight excluding hydrogens is 260 g/mol. The maximum Gasteiger partial charge on any atom is 0.0760 e. The topological polar surface area (TPSA) is 62.5 Å². The fraction of sp³-hybridized carbons (Fsp3) is 0.0588. The minimum absolute atomic E-state index is 0.311. The molecule has 0 saturated carbocycles. The lowest BCUT2D eigenvalue weighted by molar-refractivity contribution is 1.18. The lowest BCUT2D eigenvalue weighted by Gasteiger charge is -2.08. The number of hydrogen-bond acceptors (Lipinski definition) is 4. The third kappa shape index (κ3) is 2.77. The number of nitriles is 1. The minimum atomic E-state index is 0.311. The van der Waals surface area contributed by atoms with Crippen molar-refractivity contribution < 1.29 is 0 Å². The van der Waals surface area contributed by atoms with Gasteiger partial charge in [0.15, 0.2) is 0 Å². The quantitative estimate of drug-likeness (QED) is 0.734. The average Bonchev–Trinajstić information content (AvgIpc) is 2.57. The van der Waals surface area contributed by atoms with Crippen LogP contribution in [-0.2, 0) is 6.42 Å². The summed E-state index contributed by atoms with van der Waals surface area (Å²) < 4.78 is 0. The predicted molar refractivity (Wildman–Crippen MR) is 80.0 cm³/mol. The van der Waals surface area contributed by atoms with E-state index in [2.05, 4.69) is 21.0 Å². The highest BCUT2D eigenvalue weighted by Gasteiger charge is 2.09. The number of aromatic nitrogens is 3. The van der Waals surface area contributed by atoms with Gasteiger partial charge in [0, 0.05) is 47.7 Å². The van der Waals surface area contributed by atoms with E-state index in [1.165, 1.54) is 0 Å². The first-order valence-electron chi connectivity index (χ1n) is 6.55. The van der Waals surface area contributed by atoms with Crippen LogP contribution in [0, 0.1) is 11.3 Å². The fourth-order valence-corrected chi connectivity index (χ4v) is 2.18. The first kappa shape index (κ1) is 12.9. The van der Waals surface area contributed by atoms with Crippen molar-refractivity contribution in [3.05, 3.63) is 66.9 Å². The summed E-state index contributed by atoms with van der Waals surface area (Å²) in [6, 6.07) is 11.9. The van der Waals surface area contributed by atoms with Gasteiger partial charge in [0.2, 0.25) is 0 Å². The standard InChI is InChI=1S/C17H12N4/c18-6-5-13-9-16(14-3-1-7-19-10-14)12-21-17(13)15-4-2-8-20-11-15/h1-4,7-12H,5H2. The molecule has 0 amide bonds. The van der Waals surface area contributed by atoms with Gasteiger partial charge in [0.1, 0.15) is 0 Å². The molecule has 0 aliphatic heterocycles. The highest BCUT2D eigenvalue weighted by molar-refractivity contribution is 5.69. The third-order valence-electron chi connectivity index (χ3n) is 3.17. The molecule has 0 aliphatic carbocycles. The normalized spacial score (nSPS) is 10.0. The van der Waals surface area contributed by atoms with Gasteiger partial charge >= 0.3 is 0 Å². The van der Waals surface area contributed by atoms with E-state index >= 15 is 0 Å². The van der Waals surface area contributed by atoms with Crippen LogP contribution in [-0.4, -0.2) is 15.0 Å². The van der Waals surface area contributed by atoms with Gasteiger partial charge in [0.25, 0.3) is 0 Å². The third-order valence-corrected chi connectivity index (χ3v) is 3.17. The van der Waals surface area contributed by atoms with Crippen molar-refractivity contribution in [1.82, 2.24) is 15.0 Å². The second kappa shape index (κ2) is 5.93. The zero-order valence-electron chi connectivity index (χ0n) is 11.3. The Balaban J connectivity index is 2.10. The molecule has 4 nitrogen and oxygen atoms in total. The van der Waals surface area contributed by atoms with Crippen LogP contribution in [0.5, 0.6) is 0 Å². The molecule has 0 bridgehead atoms. The van der Waals surface area contributed by atoms with Crippen molar-refractivity contribution in [2.24, 2.45) is 0 Å². The molecule has 0 N–H and O–H groups in total. The summed E-state index contributed by atoms with van der Waals surface area (Å²) in [7, 11) is 0. The van der Waals surface area contributed by atoms with Gasteiger partial charge in [-0.2, -0.15) is 5.26 Å². The van der Waals surface area contributed by atoms with Crippen molar-refractivity contribution in [1.29, 1.82) is 5.26 Å². The molecule has 0 saturated heterocycles. The Morgan fingerprint density at radius 3 is 2.24 bits per heavy atom. The Bertz CT molecular complexity index is 777. The van der Waals surface area contributed by atoms with Crippen LogP contribution < -0.4 is 0 Å². The molecule has 3 aromatic heterocycles. The average molecular weight is 272 g/mol. The van der Waals surface area contributed by atoms with Crippen molar-refractivity contribution in [2.45, 2.75) is 6.42 Å². The maximum atomic E-state index is 9.05. The largest absolute Gasteiger partial charge is 0.264 e. The first-order valence-corrected chi connectivity index (χ1v) is 6.55. The monoisotopic (exact) mass is 272 g/mol. The van der Waals surface area contributed by atoms with Crippen molar-refractivity contribution in [2.75, 3.05) is 0 Å². The van der Waals surface area contributed by atoms with Crippen LogP contribution >= 0.6 is 0 Å². The van der Waals surface area contributed by atoms with Crippen LogP contribution in [0.4, 0.5) is 0 Å². The molecule has 0 fully saturated rings. The summed E-state index contributed by atoms with van der Waals surface area (Å²) in [5.41, 5.74) is 4.56. The Labute approximate surface area is 122 Å². The van der Waals surface area contributed by atoms with Crippen LogP contribution in [0.25, 0.3) is 22.4 Å². The van der Waals surface area contributed by atoms with E-state index in [4.69, 9.17) is 5.26 Å². The molecule has 0 aromatic carbocycles. The highest BCUT2D eigenvalue weighted by Crippen LogP contribution is 2.26. The maximum absolute atomic E-state index is 9.05. The van der Waals surface area contributed by atoms with E-state index in [1.54, 1.807) is 31.0 Å². The molecule has 3 heterocycles. The summed E-state index contributed by atoms with van der Waals surface area (Å²) in [5.74, 6) is 0. The number of nitrogens with zero attached hydrogens (tertiary/aromatic N) is 4. The lowest BCUT2D eigenvalue weighted by atomic mass is 10.0. The minimum Gasteiger partial charge on any atom is -0.264 e. The van der Waals surface area contributed by atoms with Crippen molar-refractivity contribution in [3.8, 4) is 28.5 Å². The van der Waals surface area contributed by atoms with Gasteiger partial charge in [-0.1, -0.05) is 6.07 Å². The fourth-order valence-electron chi connectivity index (χ4n) is 2.18. The summed E-state index contributed by atoms with van der Waals surface area (Å²) in [5, 5.41) is 9.05. The second-order valence-corrected chi connectivity index (χ2v) is 4.55. The lowest BCUT2D eigenvalue weighted by Crippen LogP contribution is -1.94. The van der Waals surface area contributed by atoms with Crippen LogP contribution in [0.15, 0.2) is 61.3 Å². The van der Waals surface area contributed by atoms with Crippen molar-refractivity contribution >= 4 is 0 Å². The molecule has 0 spiro atoms. The Kier molecular flexibility index (Phi) is 3.66. The van der Waals surface area contributed by atoms with Gasteiger partial charge in [0.05, 0.1) is 18.2 Å². The first-order chi connectivity index (χ1) is 10.4. The van der Waals surface area contributed by atoms with Gasteiger partial charge in [-0.25, -0.2) is 0 Å². The van der Waals surface area contributed by atoms with E-state index in [1.807, 2.05) is 30.3 Å².